The van der Waals surface area contributed by atoms with Crippen molar-refractivity contribution >= 4 is 23.8 Å². The van der Waals surface area contributed by atoms with E-state index in [0.717, 1.165) is 79.7 Å². The van der Waals surface area contributed by atoms with E-state index in [9.17, 15) is 0 Å². The highest BCUT2D eigenvalue weighted by molar-refractivity contribution is 5.95. The molecule has 2 aromatic rings. The minimum atomic E-state index is 0.447. The number of hydrogen-bond acceptors (Lipinski definition) is 4. The summed E-state index contributed by atoms with van der Waals surface area (Å²) in [5.74, 6) is 1.83. The molecule has 1 aromatic carbocycles. The highest BCUT2D eigenvalue weighted by atomic mass is 16.1. The minimum Gasteiger partial charge on any atom is -0.329 e. The lowest BCUT2D eigenvalue weighted by molar-refractivity contribution is -0.106. The average Bonchev–Trinajstić information content (AvgIpc) is 3.06. The van der Waals surface area contributed by atoms with Gasteiger partial charge in [0.25, 0.3) is 0 Å². The van der Waals surface area contributed by atoms with E-state index in [2.05, 4.69) is 96.1 Å². The molecular formula is C40H65N3O. The molecule has 1 aromatic heterocycles. The number of anilines is 1. The summed E-state index contributed by atoms with van der Waals surface area (Å²) in [4.78, 5) is 21.1. The Balaban J connectivity index is 0. The summed E-state index contributed by atoms with van der Waals surface area (Å²) in [6, 6.07) is 11.1. The number of allylic oxidation sites excluding steroid dienone is 2. The first-order valence-corrected chi connectivity index (χ1v) is 17.1. The van der Waals surface area contributed by atoms with Gasteiger partial charge in [0.2, 0.25) is 0 Å². The summed E-state index contributed by atoms with van der Waals surface area (Å²) in [7, 11) is 2.10. The maximum Gasteiger partial charge on any atom is 0.128 e. The van der Waals surface area contributed by atoms with Crippen LogP contribution in [0.15, 0.2) is 66.5 Å². The molecule has 0 saturated carbocycles. The van der Waals surface area contributed by atoms with Gasteiger partial charge in [-0.1, -0.05) is 107 Å². The first kappa shape index (κ1) is 42.9. The standard InChI is InChI=1S/C34H49N3.C2H4O.2C2H6/c1-10-18-25(8)31-21-17-22-32(36-31)27-23-30(26(19-11-2)20-12-3)29(15-6)33(24-27)37(9)34(16-7)35-28(13-4)14-5;1-2-3;2*1-2/h13,15-17,21-26H,4,6,10-12,14,18-20H2,1-3,5,7-9H3;2H,1H3;2*1-2H3/b34-16+,35-28+;;;/t25-;;;/m0.../s1. The zero-order valence-electron chi connectivity index (χ0n) is 30.5. The SMILES string of the molecule is C=C/C(CC)=N\C(=C/C)N(C)c1cc(-c2cccc([C@@H](C)CCC)n2)cc(C(CCC)CCC)c1C=C.CC.CC.CC=O. The van der Waals surface area contributed by atoms with Crippen LogP contribution in [0.25, 0.3) is 17.3 Å². The van der Waals surface area contributed by atoms with Crippen molar-refractivity contribution in [1.29, 1.82) is 0 Å². The number of pyridine rings is 1. The lowest BCUT2D eigenvalue weighted by Crippen LogP contribution is -2.18. The van der Waals surface area contributed by atoms with Crippen LogP contribution in [-0.4, -0.2) is 24.0 Å². The molecule has 0 aliphatic rings. The zero-order valence-corrected chi connectivity index (χ0v) is 30.5. The highest BCUT2D eigenvalue weighted by Crippen LogP contribution is 2.39. The monoisotopic (exact) mass is 604 g/mol. The van der Waals surface area contributed by atoms with Crippen molar-refractivity contribution in [1.82, 2.24) is 4.98 Å². The average molecular weight is 604 g/mol. The predicted octanol–water partition coefficient (Wildman–Crippen LogP) is 12.6. The fraction of sp³-hybridized carbons (Fsp3) is 0.525. The number of aliphatic imine (C=N–C) groups is 1. The van der Waals surface area contributed by atoms with E-state index in [1.54, 1.807) is 0 Å². The molecule has 4 nitrogen and oxygen atoms in total. The molecule has 0 fully saturated rings. The summed E-state index contributed by atoms with van der Waals surface area (Å²) in [6.45, 7) is 30.9. The molecule has 0 amide bonds. The molecule has 0 aliphatic heterocycles. The van der Waals surface area contributed by atoms with Gasteiger partial charge in [0.1, 0.15) is 12.1 Å². The molecule has 44 heavy (non-hydrogen) atoms. The molecular weight excluding hydrogens is 538 g/mol. The summed E-state index contributed by atoms with van der Waals surface area (Å²) in [6.07, 6.45) is 14.5. The van der Waals surface area contributed by atoms with E-state index >= 15 is 0 Å². The van der Waals surface area contributed by atoms with Crippen LogP contribution in [0.1, 0.15) is 150 Å². The number of carbonyl (C=O) groups excluding carboxylic acids is 1. The van der Waals surface area contributed by atoms with Gasteiger partial charge in [-0.2, -0.15) is 0 Å². The topological polar surface area (TPSA) is 45.6 Å². The lowest BCUT2D eigenvalue weighted by Gasteiger charge is -2.28. The Hall–Kier alpha value is -3.27. The van der Waals surface area contributed by atoms with Crippen molar-refractivity contribution in [2.75, 3.05) is 11.9 Å². The molecule has 1 heterocycles. The number of rotatable bonds is 15. The zero-order chi connectivity index (χ0) is 34.1. The second-order valence-corrected chi connectivity index (χ2v) is 10.2. The minimum absolute atomic E-state index is 0.447. The first-order chi connectivity index (χ1) is 21.3. The second kappa shape index (κ2) is 26.2. The van der Waals surface area contributed by atoms with Crippen molar-refractivity contribution in [3.8, 4) is 11.3 Å². The maximum absolute atomic E-state index is 8.81. The molecule has 0 N–H and O–H groups in total. The van der Waals surface area contributed by atoms with Crippen molar-refractivity contribution in [3.05, 3.63) is 78.3 Å². The third-order valence-corrected chi connectivity index (χ3v) is 7.22. The first-order valence-electron chi connectivity index (χ1n) is 17.1. The summed E-state index contributed by atoms with van der Waals surface area (Å²) in [5.41, 5.74) is 8.01. The second-order valence-electron chi connectivity index (χ2n) is 10.2. The van der Waals surface area contributed by atoms with Gasteiger partial charge in [0, 0.05) is 29.6 Å². The molecule has 1 atom stereocenters. The smallest absolute Gasteiger partial charge is 0.128 e. The molecule has 0 saturated heterocycles. The van der Waals surface area contributed by atoms with Crippen LogP contribution < -0.4 is 4.90 Å². The maximum atomic E-state index is 8.81. The van der Waals surface area contributed by atoms with Gasteiger partial charge in [0.05, 0.1) is 11.4 Å². The van der Waals surface area contributed by atoms with Crippen molar-refractivity contribution in [2.24, 2.45) is 4.99 Å². The Bertz CT molecular complexity index is 1140. The van der Waals surface area contributed by atoms with Gasteiger partial charge in [-0.25, -0.2) is 4.99 Å². The van der Waals surface area contributed by atoms with Crippen LogP contribution in [0.4, 0.5) is 5.69 Å². The molecule has 0 bridgehead atoms. The van der Waals surface area contributed by atoms with Crippen molar-refractivity contribution in [2.45, 2.75) is 133 Å². The molecule has 4 heteroatoms. The van der Waals surface area contributed by atoms with E-state index in [4.69, 9.17) is 14.8 Å². The third-order valence-electron chi connectivity index (χ3n) is 7.22. The lowest BCUT2D eigenvalue weighted by atomic mass is 9.84. The fourth-order valence-corrected chi connectivity index (χ4v) is 5.14. The van der Waals surface area contributed by atoms with Crippen LogP contribution in [0.5, 0.6) is 0 Å². The van der Waals surface area contributed by atoms with E-state index in [1.807, 2.05) is 46.8 Å². The Morgan fingerprint density at radius 1 is 0.955 bits per heavy atom. The molecule has 0 radical (unpaired) electrons. The molecule has 0 unspecified atom stereocenters. The van der Waals surface area contributed by atoms with Crippen molar-refractivity contribution in [3.63, 3.8) is 0 Å². The molecule has 0 spiro atoms. The van der Waals surface area contributed by atoms with E-state index in [1.165, 1.54) is 23.7 Å². The number of hydrogen-bond donors (Lipinski definition) is 0. The van der Waals surface area contributed by atoms with Crippen molar-refractivity contribution < 1.29 is 4.79 Å². The van der Waals surface area contributed by atoms with Gasteiger partial charge in [-0.3, -0.25) is 4.98 Å². The van der Waals surface area contributed by atoms with Crippen LogP contribution in [0, 0.1) is 0 Å². The highest BCUT2D eigenvalue weighted by Gasteiger charge is 2.21. The number of benzene rings is 1. The predicted molar refractivity (Wildman–Crippen MR) is 200 cm³/mol. The van der Waals surface area contributed by atoms with Crippen LogP contribution in [-0.2, 0) is 4.79 Å². The Morgan fingerprint density at radius 2 is 1.52 bits per heavy atom. The quantitative estimate of drug-likeness (QED) is 0.150. The number of aldehydes is 1. The van der Waals surface area contributed by atoms with Crippen LogP contribution in [0.2, 0.25) is 0 Å². The van der Waals surface area contributed by atoms with E-state index in [-0.39, 0.29) is 0 Å². The van der Waals surface area contributed by atoms with Gasteiger partial charge >= 0.3 is 0 Å². The molecule has 246 valence electrons. The Morgan fingerprint density at radius 3 is 1.98 bits per heavy atom. The number of aromatic nitrogens is 1. The largest absolute Gasteiger partial charge is 0.329 e. The van der Waals surface area contributed by atoms with Crippen LogP contribution >= 0.6 is 0 Å². The van der Waals surface area contributed by atoms with Gasteiger partial charge in [-0.05, 0) is 93.3 Å². The molecule has 0 aliphatic carbocycles. The normalized spacial score (nSPS) is 11.6. The summed E-state index contributed by atoms with van der Waals surface area (Å²) >= 11 is 0. The van der Waals surface area contributed by atoms with E-state index < -0.39 is 0 Å². The summed E-state index contributed by atoms with van der Waals surface area (Å²) < 4.78 is 0. The number of carbonyl (C=O) groups is 1. The van der Waals surface area contributed by atoms with E-state index in [0.29, 0.717) is 11.8 Å². The van der Waals surface area contributed by atoms with Crippen LogP contribution in [0.3, 0.4) is 0 Å². The summed E-state index contributed by atoms with van der Waals surface area (Å²) in [5, 5.41) is 0. The van der Waals surface area contributed by atoms with Gasteiger partial charge < -0.3 is 9.69 Å². The fourth-order valence-electron chi connectivity index (χ4n) is 5.14. The third kappa shape index (κ3) is 13.6. The number of nitrogens with zero attached hydrogens (tertiary/aromatic N) is 3. The molecule has 2 rings (SSSR count). The van der Waals surface area contributed by atoms with Gasteiger partial charge in [-0.15, -0.1) is 0 Å². The Kier molecular flexibility index (Phi) is 25.5. The van der Waals surface area contributed by atoms with Gasteiger partial charge in [0.15, 0.2) is 0 Å². The Labute approximate surface area is 272 Å².